The average Bonchev–Trinajstić information content (AvgIpc) is 2.11. The highest BCUT2D eigenvalue weighted by Crippen LogP contribution is 2.27. The molecule has 1 aromatic carbocycles. The lowest BCUT2D eigenvalue weighted by Crippen LogP contribution is -1.99. The van der Waals surface area contributed by atoms with Crippen molar-refractivity contribution in [2.24, 2.45) is 0 Å². The lowest BCUT2D eigenvalue weighted by atomic mass is 10.1. The molecule has 1 N–H and O–H groups in total. The molecule has 0 amide bonds. The Balaban J connectivity index is 3.10. The van der Waals surface area contributed by atoms with Crippen LogP contribution in [0.3, 0.4) is 0 Å². The molecule has 0 aliphatic rings. The van der Waals surface area contributed by atoms with Crippen LogP contribution < -0.4 is 0 Å². The van der Waals surface area contributed by atoms with Crippen molar-refractivity contribution in [3.8, 4) is 12.3 Å². The Morgan fingerprint density at radius 3 is 2.57 bits per heavy atom. The van der Waals surface area contributed by atoms with E-state index in [1.807, 2.05) is 0 Å². The third-order valence-corrected chi connectivity index (χ3v) is 2.40. The van der Waals surface area contributed by atoms with E-state index in [-0.39, 0.29) is 12.0 Å². The van der Waals surface area contributed by atoms with Crippen molar-refractivity contribution in [3.63, 3.8) is 0 Å². The molecule has 0 bridgehead atoms. The number of halogens is 3. The predicted octanol–water partition coefficient (Wildman–Crippen LogP) is 2.78. The van der Waals surface area contributed by atoms with Crippen molar-refractivity contribution in [1.29, 1.82) is 0 Å². The first-order chi connectivity index (χ1) is 6.56. The van der Waals surface area contributed by atoms with E-state index in [1.54, 1.807) is 0 Å². The van der Waals surface area contributed by atoms with Gasteiger partial charge in [-0.2, -0.15) is 0 Å². The van der Waals surface area contributed by atoms with Crippen molar-refractivity contribution in [2.45, 2.75) is 12.5 Å². The van der Waals surface area contributed by atoms with Gasteiger partial charge in [-0.15, -0.1) is 12.3 Å². The van der Waals surface area contributed by atoms with Crippen LogP contribution in [0.5, 0.6) is 0 Å². The van der Waals surface area contributed by atoms with Gasteiger partial charge < -0.3 is 5.11 Å². The van der Waals surface area contributed by atoms with Crippen molar-refractivity contribution >= 4 is 15.9 Å². The first kappa shape index (κ1) is 11.2. The summed E-state index contributed by atoms with van der Waals surface area (Å²) in [5.41, 5.74) is 0.252. The van der Waals surface area contributed by atoms with Crippen LogP contribution in [-0.2, 0) is 0 Å². The molecule has 1 rings (SSSR count). The first-order valence-electron chi connectivity index (χ1n) is 3.82. The van der Waals surface area contributed by atoms with Gasteiger partial charge in [0.2, 0.25) is 0 Å². The zero-order chi connectivity index (χ0) is 10.7. The van der Waals surface area contributed by atoms with Gasteiger partial charge in [0, 0.05) is 10.9 Å². The summed E-state index contributed by atoms with van der Waals surface area (Å²) in [7, 11) is 0. The van der Waals surface area contributed by atoms with Gasteiger partial charge in [-0.1, -0.05) is 15.9 Å². The van der Waals surface area contributed by atoms with Crippen LogP contribution in [0.25, 0.3) is 0 Å². The van der Waals surface area contributed by atoms with E-state index in [2.05, 4.69) is 21.9 Å². The number of rotatable bonds is 2. The largest absolute Gasteiger partial charge is 0.387 e. The van der Waals surface area contributed by atoms with Gasteiger partial charge in [-0.25, -0.2) is 8.78 Å². The second-order valence-corrected chi connectivity index (χ2v) is 3.57. The summed E-state index contributed by atoms with van der Waals surface area (Å²) in [6.07, 6.45) is 4.07. The average molecular weight is 261 g/mol. The van der Waals surface area contributed by atoms with Crippen molar-refractivity contribution in [2.75, 3.05) is 0 Å². The predicted molar refractivity (Wildman–Crippen MR) is 52.5 cm³/mol. The highest BCUT2D eigenvalue weighted by molar-refractivity contribution is 9.10. The molecule has 1 unspecified atom stereocenters. The minimum atomic E-state index is -1.00. The number of hydrogen-bond donors (Lipinski definition) is 1. The zero-order valence-electron chi connectivity index (χ0n) is 7.10. The summed E-state index contributed by atoms with van der Waals surface area (Å²) in [5, 5.41) is 9.46. The molecule has 14 heavy (non-hydrogen) atoms. The van der Waals surface area contributed by atoms with Crippen LogP contribution in [0.15, 0.2) is 16.6 Å². The second kappa shape index (κ2) is 4.54. The fourth-order valence-corrected chi connectivity index (χ4v) is 1.59. The standard InChI is InChI=1S/C10H7BrF2O/c1-2-3-10(14)6-4-8(12)9(13)5-7(6)11/h1,4-5,10,14H,3H2. The van der Waals surface area contributed by atoms with Gasteiger partial charge in [0.05, 0.1) is 6.10 Å². The van der Waals surface area contributed by atoms with Gasteiger partial charge in [-0.3, -0.25) is 0 Å². The maximum absolute atomic E-state index is 12.8. The van der Waals surface area contributed by atoms with Crippen LogP contribution in [0.1, 0.15) is 18.1 Å². The molecule has 0 saturated heterocycles. The Labute approximate surface area is 88.9 Å². The van der Waals surface area contributed by atoms with Crippen LogP contribution in [0.2, 0.25) is 0 Å². The molecule has 0 radical (unpaired) electrons. The SMILES string of the molecule is C#CCC(O)c1cc(F)c(F)cc1Br. The second-order valence-electron chi connectivity index (χ2n) is 2.71. The lowest BCUT2D eigenvalue weighted by molar-refractivity contribution is 0.182. The summed E-state index contributed by atoms with van der Waals surface area (Å²) in [4.78, 5) is 0. The minimum absolute atomic E-state index is 0.0592. The van der Waals surface area contributed by atoms with E-state index >= 15 is 0 Å². The quantitative estimate of drug-likeness (QED) is 0.641. The molecule has 74 valence electrons. The summed E-state index contributed by atoms with van der Waals surface area (Å²) in [6, 6.07) is 1.89. The van der Waals surface area contributed by atoms with Crippen molar-refractivity contribution in [3.05, 3.63) is 33.8 Å². The van der Waals surface area contributed by atoms with E-state index in [0.29, 0.717) is 4.47 Å². The van der Waals surface area contributed by atoms with E-state index in [1.165, 1.54) is 0 Å². The van der Waals surface area contributed by atoms with E-state index < -0.39 is 17.7 Å². The molecule has 0 saturated carbocycles. The highest BCUT2D eigenvalue weighted by atomic mass is 79.9. The Bertz CT molecular complexity index is 384. The molecule has 0 aliphatic heterocycles. The maximum atomic E-state index is 12.8. The summed E-state index contributed by atoms with van der Waals surface area (Å²) >= 11 is 3.02. The summed E-state index contributed by atoms with van der Waals surface area (Å²) < 4.78 is 25.8. The third kappa shape index (κ3) is 2.31. The van der Waals surface area contributed by atoms with Crippen LogP contribution in [0.4, 0.5) is 8.78 Å². The summed E-state index contributed by atoms with van der Waals surface area (Å²) in [6.45, 7) is 0. The molecule has 0 spiro atoms. The number of aliphatic hydroxyl groups is 1. The third-order valence-electron chi connectivity index (χ3n) is 1.71. The lowest BCUT2D eigenvalue weighted by Gasteiger charge is -2.10. The number of aliphatic hydroxyl groups excluding tert-OH is 1. The Hall–Kier alpha value is -0.920. The van der Waals surface area contributed by atoms with E-state index in [4.69, 9.17) is 6.42 Å². The molecule has 1 aromatic rings. The molecule has 1 atom stereocenters. The number of terminal acetylenes is 1. The van der Waals surface area contributed by atoms with Crippen LogP contribution in [0, 0.1) is 24.0 Å². The molecule has 1 nitrogen and oxygen atoms in total. The molecule has 0 aromatic heterocycles. The Morgan fingerprint density at radius 1 is 1.43 bits per heavy atom. The minimum Gasteiger partial charge on any atom is -0.387 e. The van der Waals surface area contributed by atoms with E-state index in [0.717, 1.165) is 12.1 Å². The smallest absolute Gasteiger partial charge is 0.159 e. The van der Waals surface area contributed by atoms with Crippen molar-refractivity contribution < 1.29 is 13.9 Å². The molecular formula is C10H7BrF2O. The monoisotopic (exact) mass is 260 g/mol. The number of hydrogen-bond acceptors (Lipinski definition) is 1. The van der Waals surface area contributed by atoms with Gasteiger partial charge in [0.15, 0.2) is 11.6 Å². The first-order valence-corrected chi connectivity index (χ1v) is 4.61. The molecular weight excluding hydrogens is 254 g/mol. The molecule has 0 aliphatic carbocycles. The normalized spacial score (nSPS) is 12.2. The Kier molecular flexibility index (Phi) is 3.62. The van der Waals surface area contributed by atoms with E-state index in [9.17, 15) is 13.9 Å². The van der Waals surface area contributed by atoms with Gasteiger partial charge >= 0.3 is 0 Å². The molecule has 0 heterocycles. The van der Waals surface area contributed by atoms with Crippen LogP contribution >= 0.6 is 15.9 Å². The van der Waals surface area contributed by atoms with Crippen molar-refractivity contribution in [1.82, 2.24) is 0 Å². The van der Waals surface area contributed by atoms with Crippen LogP contribution in [-0.4, -0.2) is 5.11 Å². The van der Waals surface area contributed by atoms with Gasteiger partial charge in [0.1, 0.15) is 0 Å². The summed E-state index contributed by atoms with van der Waals surface area (Å²) in [5.74, 6) is 0.275. The fraction of sp³-hybridized carbons (Fsp3) is 0.200. The fourth-order valence-electron chi connectivity index (χ4n) is 1.01. The topological polar surface area (TPSA) is 20.2 Å². The molecule has 0 fully saturated rings. The highest BCUT2D eigenvalue weighted by Gasteiger charge is 2.14. The number of benzene rings is 1. The molecule has 4 heteroatoms. The van der Waals surface area contributed by atoms with Gasteiger partial charge in [0.25, 0.3) is 0 Å². The zero-order valence-corrected chi connectivity index (χ0v) is 8.68. The maximum Gasteiger partial charge on any atom is 0.159 e. The Morgan fingerprint density at radius 2 is 2.00 bits per heavy atom. The van der Waals surface area contributed by atoms with Gasteiger partial charge in [-0.05, 0) is 17.7 Å².